The smallest absolute Gasteiger partial charge is 0.286 e. The number of hydrogen-bond donors (Lipinski definition) is 1. The lowest BCUT2D eigenvalue weighted by Crippen LogP contribution is -2.35. The van der Waals surface area contributed by atoms with E-state index in [2.05, 4.69) is 9.71 Å². The molecule has 1 aliphatic rings. The van der Waals surface area contributed by atoms with Crippen molar-refractivity contribution in [1.29, 1.82) is 0 Å². The van der Waals surface area contributed by atoms with E-state index in [-0.39, 0.29) is 21.7 Å². The summed E-state index contributed by atoms with van der Waals surface area (Å²) < 4.78 is 39.5. The zero-order chi connectivity index (χ0) is 21.7. The lowest BCUT2D eigenvalue weighted by atomic mass is 10.2. The molecule has 160 valence electrons. The molecule has 2 aromatic rings. The quantitative estimate of drug-likeness (QED) is 0.692. The molecule has 0 spiro atoms. The van der Waals surface area contributed by atoms with Crippen LogP contribution in [0.25, 0.3) is 0 Å². The average molecular weight is 450 g/mol. The predicted octanol–water partition coefficient (Wildman–Crippen LogP) is 3.35. The van der Waals surface area contributed by atoms with Crippen molar-refractivity contribution in [2.24, 2.45) is 4.40 Å². The molecule has 1 aliphatic heterocycles. The summed E-state index contributed by atoms with van der Waals surface area (Å²) in [5.74, 6) is 0.790. The summed E-state index contributed by atoms with van der Waals surface area (Å²) in [5, 5.41) is 3.06. The third kappa shape index (κ3) is 4.88. The summed E-state index contributed by atoms with van der Waals surface area (Å²) in [4.78, 5) is 14.5. The lowest BCUT2D eigenvalue weighted by molar-refractivity contribution is -0.113. The zero-order valence-electron chi connectivity index (χ0n) is 16.9. The lowest BCUT2D eigenvalue weighted by Gasteiger charge is -2.29. The number of amides is 1. The molecule has 0 unspecified atom stereocenters. The maximum atomic E-state index is 12.6. The second-order valence-corrected chi connectivity index (χ2v) is 8.92. The van der Waals surface area contributed by atoms with Crippen LogP contribution in [0.1, 0.15) is 13.3 Å². The second-order valence-electron chi connectivity index (χ2n) is 6.41. The highest BCUT2D eigenvalue weighted by Gasteiger charge is 2.30. The normalized spacial score (nSPS) is 14.5. The van der Waals surface area contributed by atoms with E-state index in [1.165, 1.54) is 14.2 Å². The summed E-state index contributed by atoms with van der Waals surface area (Å²) in [6.45, 7) is 2.59. The molecular weight excluding hydrogens is 426 g/mol. The van der Waals surface area contributed by atoms with Gasteiger partial charge in [-0.15, -0.1) is 4.40 Å². The molecule has 0 bridgehead atoms. The number of rotatable bonds is 7. The number of anilines is 2. The average Bonchev–Trinajstić information content (AvgIpc) is 2.74. The number of methoxy groups -OCH3 is 2. The van der Waals surface area contributed by atoms with E-state index in [0.717, 1.165) is 18.2 Å². The van der Waals surface area contributed by atoms with Crippen LogP contribution >= 0.6 is 11.8 Å². The van der Waals surface area contributed by atoms with Crippen LogP contribution < -0.4 is 19.7 Å². The van der Waals surface area contributed by atoms with Crippen molar-refractivity contribution in [2.45, 2.75) is 18.2 Å². The van der Waals surface area contributed by atoms with E-state index in [1.54, 1.807) is 42.5 Å². The van der Waals surface area contributed by atoms with Crippen molar-refractivity contribution < 1.29 is 22.7 Å². The van der Waals surface area contributed by atoms with Crippen LogP contribution in [-0.2, 0) is 14.8 Å². The fraction of sp³-hybridized carbons (Fsp3) is 0.300. The minimum atomic E-state index is -3.81. The number of para-hydroxylation sites is 1. The molecule has 1 amide bonds. The number of carbonyl (C=O) groups is 1. The molecule has 0 aromatic heterocycles. The van der Waals surface area contributed by atoms with Crippen LogP contribution in [0.5, 0.6) is 11.5 Å². The number of fused-ring (bicyclic) bond motifs is 1. The van der Waals surface area contributed by atoms with Crippen molar-refractivity contribution in [3.8, 4) is 11.5 Å². The first-order chi connectivity index (χ1) is 14.4. The number of benzene rings is 2. The molecule has 1 heterocycles. The molecule has 0 saturated heterocycles. The number of carbonyl (C=O) groups excluding carboxylic acids is 1. The number of nitrogens with one attached hydrogen (secondary N) is 1. The topological polar surface area (TPSA) is 97.3 Å². The van der Waals surface area contributed by atoms with Crippen LogP contribution in [0.2, 0.25) is 0 Å². The highest BCUT2D eigenvalue weighted by Crippen LogP contribution is 2.34. The maximum Gasteiger partial charge on any atom is 0.286 e. The molecule has 0 fully saturated rings. The summed E-state index contributed by atoms with van der Waals surface area (Å²) in [7, 11) is -0.755. The Hall–Kier alpha value is -2.72. The highest BCUT2D eigenvalue weighted by atomic mass is 32.2. The Morgan fingerprint density at radius 3 is 2.43 bits per heavy atom. The SMILES string of the molecule is CCCN1C(SCC(=O)Nc2cc(OC)cc(OC)c2)=NS(=O)(=O)c2ccccc21. The number of amidine groups is 1. The minimum Gasteiger partial charge on any atom is -0.497 e. The van der Waals surface area contributed by atoms with E-state index < -0.39 is 10.0 Å². The van der Waals surface area contributed by atoms with Crippen molar-refractivity contribution in [3.63, 3.8) is 0 Å². The van der Waals surface area contributed by atoms with E-state index in [4.69, 9.17) is 9.47 Å². The zero-order valence-corrected chi connectivity index (χ0v) is 18.5. The molecule has 1 N–H and O–H groups in total. The summed E-state index contributed by atoms with van der Waals surface area (Å²) in [6.07, 6.45) is 0.795. The minimum absolute atomic E-state index is 0.00371. The maximum absolute atomic E-state index is 12.6. The molecule has 0 aliphatic carbocycles. The van der Waals surface area contributed by atoms with Gasteiger partial charge in [-0.25, -0.2) is 0 Å². The molecule has 0 atom stereocenters. The van der Waals surface area contributed by atoms with E-state index in [0.29, 0.717) is 29.4 Å². The van der Waals surface area contributed by atoms with Crippen molar-refractivity contribution in [3.05, 3.63) is 42.5 Å². The second kappa shape index (κ2) is 9.40. The highest BCUT2D eigenvalue weighted by molar-refractivity contribution is 8.15. The Kier molecular flexibility index (Phi) is 6.88. The summed E-state index contributed by atoms with van der Waals surface area (Å²) >= 11 is 1.08. The first kappa shape index (κ1) is 22.0. The van der Waals surface area contributed by atoms with E-state index in [9.17, 15) is 13.2 Å². The molecule has 10 heteroatoms. The van der Waals surface area contributed by atoms with Gasteiger partial charge in [-0.05, 0) is 18.6 Å². The van der Waals surface area contributed by atoms with Crippen molar-refractivity contribution in [1.82, 2.24) is 0 Å². The standard InChI is InChI=1S/C20H23N3O5S2/c1-4-9-23-17-7-5-6-8-18(17)30(25,26)22-20(23)29-13-19(24)21-14-10-15(27-2)12-16(11-14)28-3/h5-8,10-12H,4,9,13H2,1-3H3,(H,21,24). The molecule has 3 rings (SSSR count). The molecule has 30 heavy (non-hydrogen) atoms. The molecule has 2 aromatic carbocycles. The van der Waals surface area contributed by atoms with Gasteiger partial charge in [0, 0.05) is 30.4 Å². The number of hydrogen-bond acceptors (Lipinski definition) is 7. The molecule has 8 nitrogen and oxygen atoms in total. The fourth-order valence-corrected chi connectivity index (χ4v) is 5.23. The molecule has 0 radical (unpaired) electrons. The Balaban J connectivity index is 1.76. The first-order valence-electron chi connectivity index (χ1n) is 9.25. The van der Waals surface area contributed by atoms with Crippen molar-refractivity contribution in [2.75, 3.05) is 36.7 Å². The van der Waals surface area contributed by atoms with Crippen LogP contribution in [0.3, 0.4) is 0 Å². The number of thioether (sulfide) groups is 1. The Labute approximate surface area is 180 Å². The van der Waals surface area contributed by atoms with Gasteiger partial charge in [0.25, 0.3) is 10.0 Å². The molecule has 0 saturated carbocycles. The van der Waals surface area contributed by atoms with Gasteiger partial charge in [0.15, 0.2) is 5.17 Å². The third-order valence-corrected chi connectivity index (χ3v) is 6.68. The van der Waals surface area contributed by atoms with Gasteiger partial charge in [-0.1, -0.05) is 30.8 Å². The van der Waals surface area contributed by atoms with Gasteiger partial charge in [0.2, 0.25) is 5.91 Å². The monoisotopic (exact) mass is 449 g/mol. The number of nitrogens with zero attached hydrogens (tertiary/aromatic N) is 2. The summed E-state index contributed by atoms with van der Waals surface area (Å²) in [6, 6.07) is 11.8. The van der Waals surface area contributed by atoms with E-state index >= 15 is 0 Å². The van der Waals surface area contributed by atoms with Crippen LogP contribution in [0.4, 0.5) is 11.4 Å². The van der Waals surface area contributed by atoms with Crippen LogP contribution in [0, 0.1) is 0 Å². The van der Waals surface area contributed by atoms with Gasteiger partial charge in [-0.3, -0.25) is 4.79 Å². The fourth-order valence-electron chi connectivity index (χ4n) is 2.95. The number of sulfonamides is 1. The Bertz CT molecular complexity index is 1050. The van der Waals surface area contributed by atoms with Crippen LogP contribution in [0.15, 0.2) is 51.8 Å². The van der Waals surface area contributed by atoms with Gasteiger partial charge >= 0.3 is 0 Å². The van der Waals surface area contributed by atoms with Gasteiger partial charge < -0.3 is 19.7 Å². The van der Waals surface area contributed by atoms with Crippen LogP contribution in [-0.4, -0.2) is 46.0 Å². The first-order valence-corrected chi connectivity index (χ1v) is 11.7. The van der Waals surface area contributed by atoms with Gasteiger partial charge in [0.1, 0.15) is 16.4 Å². The molecular formula is C20H23N3O5S2. The third-order valence-electron chi connectivity index (χ3n) is 4.28. The van der Waals surface area contributed by atoms with Crippen molar-refractivity contribution >= 4 is 44.2 Å². The predicted molar refractivity (Wildman–Crippen MR) is 119 cm³/mol. The van der Waals surface area contributed by atoms with Gasteiger partial charge in [0.05, 0.1) is 25.7 Å². The summed E-state index contributed by atoms with van der Waals surface area (Å²) in [5.41, 5.74) is 1.10. The largest absolute Gasteiger partial charge is 0.497 e. The van der Waals surface area contributed by atoms with E-state index in [1.807, 2.05) is 11.8 Å². The Morgan fingerprint density at radius 2 is 1.80 bits per heavy atom. The number of ether oxygens (including phenoxy) is 2. The Morgan fingerprint density at radius 1 is 1.13 bits per heavy atom. The van der Waals surface area contributed by atoms with Gasteiger partial charge in [-0.2, -0.15) is 8.42 Å².